The normalized spacial score (nSPS) is 10.5. The minimum absolute atomic E-state index is 0.111. The third-order valence-corrected chi connectivity index (χ3v) is 2.78. The first-order valence-electron chi connectivity index (χ1n) is 5.86. The number of rotatable bonds is 6. The lowest BCUT2D eigenvalue weighted by Gasteiger charge is -2.09. The number of nitrogens with zero attached hydrogens (tertiary/aromatic N) is 1. The Morgan fingerprint density at radius 1 is 1.37 bits per heavy atom. The highest BCUT2D eigenvalue weighted by atomic mass is 79.9. The Labute approximate surface area is 119 Å². The van der Waals surface area contributed by atoms with E-state index in [1.54, 1.807) is 6.07 Å². The largest absolute Gasteiger partial charge is 0.351 e. The molecule has 0 unspecified atom stereocenters. The van der Waals surface area contributed by atoms with Crippen molar-refractivity contribution in [1.29, 1.82) is 0 Å². The fourth-order valence-corrected chi connectivity index (χ4v) is 1.93. The highest BCUT2D eigenvalue weighted by Crippen LogP contribution is 2.21. The fourth-order valence-electron chi connectivity index (χ4n) is 1.45. The summed E-state index contributed by atoms with van der Waals surface area (Å²) in [5.74, 6) is -0.324. The molecule has 0 spiro atoms. The second-order valence-corrected chi connectivity index (χ2v) is 5.24. The average Bonchev–Trinajstić information content (AvgIpc) is 2.33. The lowest BCUT2D eigenvalue weighted by molar-refractivity contribution is -0.385. The van der Waals surface area contributed by atoms with E-state index in [0.717, 1.165) is 0 Å². The lowest BCUT2D eigenvalue weighted by Crippen LogP contribution is -2.34. The number of carbonyl (C=O) groups excluding carboxylic acids is 1. The Morgan fingerprint density at radius 2 is 2.05 bits per heavy atom. The van der Waals surface area contributed by atoms with Crippen molar-refractivity contribution < 1.29 is 9.72 Å². The molecule has 0 aromatic heterocycles. The second kappa shape index (κ2) is 7.20. The minimum atomic E-state index is -0.526. The van der Waals surface area contributed by atoms with E-state index in [1.807, 2.05) is 13.8 Å². The van der Waals surface area contributed by atoms with E-state index in [9.17, 15) is 14.9 Å². The molecule has 6 nitrogen and oxygen atoms in total. The number of nitro benzene ring substituents is 1. The molecule has 0 aliphatic heterocycles. The first-order chi connectivity index (χ1) is 8.90. The van der Waals surface area contributed by atoms with Gasteiger partial charge >= 0.3 is 0 Å². The molecule has 0 atom stereocenters. The minimum Gasteiger partial charge on any atom is -0.351 e. The number of benzene rings is 1. The first kappa shape index (κ1) is 15.6. The molecule has 0 aliphatic rings. The van der Waals surface area contributed by atoms with E-state index in [-0.39, 0.29) is 17.2 Å². The van der Waals surface area contributed by atoms with Crippen LogP contribution < -0.4 is 10.6 Å². The number of nitrogens with one attached hydrogen (secondary N) is 2. The van der Waals surface area contributed by atoms with Crippen LogP contribution in [0.1, 0.15) is 24.2 Å². The Morgan fingerprint density at radius 3 is 2.63 bits per heavy atom. The third kappa shape index (κ3) is 5.35. The Balaban J connectivity index is 2.64. The summed E-state index contributed by atoms with van der Waals surface area (Å²) in [6.07, 6.45) is 0. The third-order valence-electron chi connectivity index (χ3n) is 2.32. The van der Waals surface area contributed by atoms with Gasteiger partial charge in [-0.15, -0.1) is 0 Å². The van der Waals surface area contributed by atoms with E-state index in [4.69, 9.17) is 0 Å². The van der Waals surface area contributed by atoms with Gasteiger partial charge in [0.25, 0.3) is 11.6 Å². The van der Waals surface area contributed by atoms with E-state index >= 15 is 0 Å². The Kier molecular flexibility index (Phi) is 5.91. The summed E-state index contributed by atoms with van der Waals surface area (Å²) in [6.45, 7) is 5.15. The molecule has 1 rings (SSSR count). The van der Waals surface area contributed by atoms with Gasteiger partial charge in [0.2, 0.25) is 0 Å². The molecular weight excluding hydrogens is 314 g/mol. The Bertz CT molecular complexity index is 477. The molecule has 0 saturated carbocycles. The van der Waals surface area contributed by atoms with Crippen molar-refractivity contribution in [3.8, 4) is 0 Å². The molecule has 0 heterocycles. The van der Waals surface area contributed by atoms with E-state index < -0.39 is 4.92 Å². The van der Waals surface area contributed by atoms with Gasteiger partial charge in [0.1, 0.15) is 0 Å². The summed E-state index contributed by atoms with van der Waals surface area (Å²) in [5, 5.41) is 16.6. The number of carbonyl (C=O) groups is 1. The maximum atomic E-state index is 11.8. The highest BCUT2D eigenvalue weighted by Gasteiger charge is 2.13. The van der Waals surface area contributed by atoms with Gasteiger partial charge in [-0.1, -0.05) is 29.8 Å². The monoisotopic (exact) mass is 329 g/mol. The molecular formula is C12H16BrN3O3. The summed E-state index contributed by atoms with van der Waals surface area (Å²) in [6, 6.07) is 4.52. The zero-order valence-corrected chi connectivity index (χ0v) is 12.4. The molecule has 0 radical (unpaired) electrons. The van der Waals surface area contributed by atoms with E-state index in [1.165, 1.54) is 12.1 Å². The molecule has 1 amide bonds. The predicted octanol–water partition coefficient (Wildman–Crippen LogP) is 2.09. The van der Waals surface area contributed by atoms with Crippen LogP contribution in [0.3, 0.4) is 0 Å². The van der Waals surface area contributed by atoms with Crippen LogP contribution in [0.15, 0.2) is 22.7 Å². The van der Waals surface area contributed by atoms with Crippen molar-refractivity contribution in [2.24, 2.45) is 0 Å². The number of halogens is 1. The zero-order chi connectivity index (χ0) is 14.4. The predicted molar refractivity (Wildman–Crippen MR) is 76.3 cm³/mol. The molecule has 0 aliphatic carbocycles. The quantitative estimate of drug-likeness (QED) is 0.475. The number of hydrogen-bond donors (Lipinski definition) is 2. The van der Waals surface area contributed by atoms with Crippen LogP contribution in [0, 0.1) is 10.1 Å². The van der Waals surface area contributed by atoms with E-state index in [2.05, 4.69) is 26.6 Å². The smallest absolute Gasteiger partial charge is 0.271 e. The van der Waals surface area contributed by atoms with Gasteiger partial charge in [0.05, 0.1) is 4.92 Å². The van der Waals surface area contributed by atoms with Crippen molar-refractivity contribution in [2.45, 2.75) is 19.9 Å². The number of hydrogen-bond acceptors (Lipinski definition) is 4. The van der Waals surface area contributed by atoms with Crippen molar-refractivity contribution in [2.75, 3.05) is 13.1 Å². The number of nitro groups is 1. The highest BCUT2D eigenvalue weighted by molar-refractivity contribution is 9.10. The van der Waals surface area contributed by atoms with Gasteiger partial charge in [-0.2, -0.15) is 0 Å². The summed E-state index contributed by atoms with van der Waals surface area (Å²) in [5.41, 5.74) is 0.158. The van der Waals surface area contributed by atoms with Crippen LogP contribution >= 0.6 is 15.9 Å². The molecule has 0 bridgehead atoms. The average molecular weight is 330 g/mol. The van der Waals surface area contributed by atoms with E-state index in [0.29, 0.717) is 23.6 Å². The Hall–Kier alpha value is -1.47. The summed E-state index contributed by atoms with van der Waals surface area (Å²) >= 11 is 3.15. The second-order valence-electron chi connectivity index (χ2n) is 4.32. The van der Waals surface area contributed by atoms with Crippen LogP contribution in [-0.2, 0) is 0 Å². The van der Waals surface area contributed by atoms with Gasteiger partial charge in [0, 0.05) is 41.3 Å². The van der Waals surface area contributed by atoms with Crippen molar-refractivity contribution in [1.82, 2.24) is 10.6 Å². The summed E-state index contributed by atoms with van der Waals surface area (Å²) in [4.78, 5) is 22.0. The van der Waals surface area contributed by atoms with Crippen LogP contribution in [0.4, 0.5) is 5.69 Å². The van der Waals surface area contributed by atoms with Crippen LogP contribution in [0.5, 0.6) is 0 Å². The lowest BCUT2D eigenvalue weighted by atomic mass is 10.2. The summed E-state index contributed by atoms with van der Waals surface area (Å²) in [7, 11) is 0. The summed E-state index contributed by atoms with van der Waals surface area (Å²) < 4.78 is 0.507. The first-order valence-corrected chi connectivity index (χ1v) is 6.66. The van der Waals surface area contributed by atoms with Gasteiger partial charge < -0.3 is 10.6 Å². The van der Waals surface area contributed by atoms with Gasteiger partial charge in [-0.05, 0) is 6.07 Å². The maximum Gasteiger partial charge on any atom is 0.271 e. The van der Waals surface area contributed by atoms with Gasteiger partial charge in [0.15, 0.2) is 0 Å². The number of non-ortho nitro benzene ring substituents is 1. The fraction of sp³-hybridized carbons (Fsp3) is 0.417. The van der Waals surface area contributed by atoms with Crippen molar-refractivity contribution in [3.05, 3.63) is 38.3 Å². The SMILES string of the molecule is CC(C)NCCNC(=O)c1cc(Br)cc([N+](=O)[O-])c1. The van der Waals surface area contributed by atoms with Crippen LogP contribution in [-0.4, -0.2) is 30.0 Å². The molecule has 7 heteroatoms. The van der Waals surface area contributed by atoms with Crippen LogP contribution in [0.25, 0.3) is 0 Å². The van der Waals surface area contributed by atoms with Gasteiger partial charge in [-0.25, -0.2) is 0 Å². The van der Waals surface area contributed by atoms with Crippen LogP contribution in [0.2, 0.25) is 0 Å². The van der Waals surface area contributed by atoms with Crippen molar-refractivity contribution in [3.63, 3.8) is 0 Å². The molecule has 0 fully saturated rings. The molecule has 1 aromatic rings. The van der Waals surface area contributed by atoms with Gasteiger partial charge in [-0.3, -0.25) is 14.9 Å². The molecule has 104 valence electrons. The standard InChI is InChI=1S/C12H16BrN3O3/c1-8(2)14-3-4-15-12(17)9-5-10(13)7-11(6-9)16(18)19/h5-8,14H,3-4H2,1-2H3,(H,15,17). The zero-order valence-electron chi connectivity index (χ0n) is 10.8. The molecule has 1 aromatic carbocycles. The van der Waals surface area contributed by atoms with Crippen molar-refractivity contribution >= 4 is 27.5 Å². The molecule has 2 N–H and O–H groups in total. The maximum absolute atomic E-state index is 11.8. The molecule has 0 saturated heterocycles. The molecule has 19 heavy (non-hydrogen) atoms. The topological polar surface area (TPSA) is 84.3 Å². The number of amides is 1.